The Morgan fingerprint density at radius 2 is 1.06 bits per heavy atom. The zero-order valence-electron chi connectivity index (χ0n) is 10.7. The van der Waals surface area contributed by atoms with Crippen molar-refractivity contribution in [2.45, 2.75) is 34.1 Å². The van der Waals surface area contributed by atoms with Crippen molar-refractivity contribution in [3.63, 3.8) is 0 Å². The monoisotopic (exact) mass is 250 g/mol. The van der Waals surface area contributed by atoms with Crippen molar-refractivity contribution >= 4 is 23.5 Å². The number of carbonyl (C=O) groups excluding carboxylic acids is 4. The molecule has 3 aliphatic rings. The number of hydrogen-bond acceptors (Lipinski definition) is 5. The second-order valence-corrected chi connectivity index (χ2v) is 6.20. The Labute approximate surface area is 104 Å². The molecule has 1 heterocycles. The SMILES string of the molecule is C[C@]12C(=O)CC(=O)[C@@]1(C)[C@]1(C)C(=O)OC(=O)[C@@]21C. The molecule has 1 saturated heterocycles. The van der Waals surface area contributed by atoms with Crippen LogP contribution in [0.3, 0.4) is 0 Å². The van der Waals surface area contributed by atoms with E-state index in [1.165, 1.54) is 0 Å². The van der Waals surface area contributed by atoms with Gasteiger partial charge in [-0.3, -0.25) is 19.2 Å². The molecule has 0 aromatic heterocycles. The van der Waals surface area contributed by atoms with Gasteiger partial charge in [-0.2, -0.15) is 0 Å². The van der Waals surface area contributed by atoms with Crippen molar-refractivity contribution in [1.29, 1.82) is 0 Å². The summed E-state index contributed by atoms with van der Waals surface area (Å²) >= 11 is 0. The molecular weight excluding hydrogens is 236 g/mol. The lowest BCUT2D eigenvalue weighted by molar-refractivity contribution is -0.243. The summed E-state index contributed by atoms with van der Waals surface area (Å²) in [6.07, 6.45) is -0.196. The van der Waals surface area contributed by atoms with Crippen molar-refractivity contribution in [3.8, 4) is 0 Å². The quantitative estimate of drug-likeness (QED) is 0.466. The summed E-state index contributed by atoms with van der Waals surface area (Å²) in [5, 5.41) is 0. The topological polar surface area (TPSA) is 77.5 Å². The van der Waals surface area contributed by atoms with E-state index in [0.717, 1.165) is 0 Å². The Kier molecular flexibility index (Phi) is 1.57. The molecular formula is C13H14O5. The first-order chi connectivity index (χ1) is 8.10. The van der Waals surface area contributed by atoms with E-state index in [9.17, 15) is 19.2 Å². The zero-order valence-corrected chi connectivity index (χ0v) is 10.7. The van der Waals surface area contributed by atoms with Crippen LogP contribution < -0.4 is 0 Å². The second kappa shape index (κ2) is 2.44. The van der Waals surface area contributed by atoms with Crippen LogP contribution in [0.4, 0.5) is 0 Å². The van der Waals surface area contributed by atoms with Gasteiger partial charge in [-0.15, -0.1) is 0 Å². The van der Waals surface area contributed by atoms with Crippen LogP contribution in [0, 0.1) is 21.7 Å². The molecule has 0 aromatic rings. The highest BCUT2D eigenvalue weighted by Crippen LogP contribution is 2.83. The molecule has 96 valence electrons. The maximum absolute atomic E-state index is 12.2. The number of carbonyl (C=O) groups is 4. The van der Waals surface area contributed by atoms with Gasteiger partial charge in [-0.1, -0.05) is 13.8 Å². The molecule has 0 aromatic carbocycles. The number of hydrogen-bond donors (Lipinski definition) is 0. The van der Waals surface area contributed by atoms with Crippen molar-refractivity contribution in [2.75, 3.05) is 0 Å². The Hall–Kier alpha value is -1.52. The van der Waals surface area contributed by atoms with E-state index in [2.05, 4.69) is 0 Å². The first-order valence-corrected chi connectivity index (χ1v) is 5.93. The minimum absolute atomic E-state index is 0.196. The predicted octanol–water partition coefficient (Wildman–Crippen LogP) is 0.651. The summed E-state index contributed by atoms with van der Waals surface area (Å²) in [6, 6.07) is 0. The van der Waals surface area contributed by atoms with Crippen molar-refractivity contribution in [3.05, 3.63) is 0 Å². The molecule has 0 N–H and O–H groups in total. The van der Waals surface area contributed by atoms with Gasteiger partial charge in [0.15, 0.2) is 0 Å². The third-order valence-corrected chi connectivity index (χ3v) is 6.44. The van der Waals surface area contributed by atoms with Gasteiger partial charge in [0.25, 0.3) is 0 Å². The number of Topliss-reactive ketones (excluding diaryl/α,β-unsaturated/α-hetero) is 2. The molecule has 4 atom stereocenters. The summed E-state index contributed by atoms with van der Waals surface area (Å²) in [5.74, 6) is -1.89. The maximum Gasteiger partial charge on any atom is 0.321 e. The average molecular weight is 250 g/mol. The minimum Gasteiger partial charge on any atom is -0.392 e. The average Bonchev–Trinajstić information content (AvgIpc) is 2.57. The van der Waals surface area contributed by atoms with Gasteiger partial charge in [-0.05, 0) is 13.8 Å². The van der Waals surface area contributed by atoms with Crippen LogP contribution in [0.25, 0.3) is 0 Å². The first-order valence-electron chi connectivity index (χ1n) is 5.93. The molecule has 3 fully saturated rings. The molecule has 1 aliphatic heterocycles. The summed E-state index contributed by atoms with van der Waals surface area (Å²) in [7, 11) is 0. The van der Waals surface area contributed by atoms with E-state index in [0.29, 0.717) is 0 Å². The lowest BCUT2D eigenvalue weighted by Crippen LogP contribution is -2.77. The van der Waals surface area contributed by atoms with Gasteiger partial charge >= 0.3 is 11.9 Å². The van der Waals surface area contributed by atoms with E-state index >= 15 is 0 Å². The highest BCUT2D eigenvalue weighted by molar-refractivity contribution is 6.23. The molecule has 3 rings (SSSR count). The summed E-state index contributed by atoms with van der Waals surface area (Å²) < 4.78 is 4.74. The van der Waals surface area contributed by atoms with Gasteiger partial charge < -0.3 is 4.74 Å². The molecule has 5 nitrogen and oxygen atoms in total. The molecule has 2 saturated carbocycles. The van der Waals surface area contributed by atoms with Gasteiger partial charge in [0, 0.05) is 0 Å². The van der Waals surface area contributed by atoms with Crippen LogP contribution in [0.2, 0.25) is 0 Å². The van der Waals surface area contributed by atoms with Crippen LogP contribution in [-0.4, -0.2) is 23.5 Å². The normalized spacial score (nSPS) is 54.0. The number of ether oxygens (including phenoxy) is 1. The van der Waals surface area contributed by atoms with Crippen LogP contribution in [0.15, 0.2) is 0 Å². The lowest BCUT2D eigenvalue weighted by atomic mass is 9.27. The zero-order chi connectivity index (χ0) is 13.7. The Balaban J connectivity index is 2.38. The minimum atomic E-state index is -1.23. The van der Waals surface area contributed by atoms with Crippen LogP contribution in [0.5, 0.6) is 0 Å². The summed E-state index contributed by atoms with van der Waals surface area (Å²) in [6.45, 7) is 6.36. The molecule has 0 unspecified atom stereocenters. The number of ketones is 2. The fourth-order valence-corrected chi connectivity index (χ4v) is 4.66. The second-order valence-electron chi connectivity index (χ2n) is 6.20. The Morgan fingerprint density at radius 1 is 0.722 bits per heavy atom. The molecule has 18 heavy (non-hydrogen) atoms. The van der Waals surface area contributed by atoms with Crippen LogP contribution in [-0.2, 0) is 23.9 Å². The van der Waals surface area contributed by atoms with Gasteiger partial charge in [0.2, 0.25) is 0 Å². The maximum atomic E-state index is 12.2. The van der Waals surface area contributed by atoms with Crippen LogP contribution >= 0.6 is 0 Å². The molecule has 0 spiro atoms. The number of cyclic esters (lactones) is 2. The number of rotatable bonds is 0. The van der Waals surface area contributed by atoms with Gasteiger partial charge in [-0.25, -0.2) is 0 Å². The smallest absolute Gasteiger partial charge is 0.321 e. The molecule has 2 aliphatic carbocycles. The van der Waals surface area contributed by atoms with Crippen molar-refractivity contribution in [1.82, 2.24) is 0 Å². The lowest BCUT2D eigenvalue weighted by Gasteiger charge is -2.67. The largest absolute Gasteiger partial charge is 0.392 e. The van der Waals surface area contributed by atoms with Crippen molar-refractivity contribution < 1.29 is 23.9 Å². The van der Waals surface area contributed by atoms with Crippen molar-refractivity contribution in [2.24, 2.45) is 21.7 Å². The first kappa shape index (κ1) is 11.6. The Bertz CT molecular complexity index is 450. The molecule has 0 amide bonds. The van der Waals surface area contributed by atoms with E-state index in [-0.39, 0.29) is 18.0 Å². The van der Waals surface area contributed by atoms with E-state index in [1.807, 2.05) is 0 Å². The fraction of sp³-hybridized carbons (Fsp3) is 0.692. The van der Waals surface area contributed by atoms with E-state index in [4.69, 9.17) is 4.74 Å². The third kappa shape index (κ3) is 0.595. The molecule has 5 heteroatoms. The highest BCUT2D eigenvalue weighted by Gasteiger charge is 2.95. The highest BCUT2D eigenvalue weighted by atomic mass is 16.6. The standard InChI is InChI=1S/C13H14O5/c1-10-6(14)5-7(15)11(10,2)13(4)9(17)18-8(16)12(10,13)3/h5H2,1-4H3/t10-,11+,12-,13-/m0/s1. The summed E-state index contributed by atoms with van der Waals surface area (Å²) in [4.78, 5) is 48.4. The predicted molar refractivity (Wildman–Crippen MR) is 58.2 cm³/mol. The Morgan fingerprint density at radius 3 is 1.39 bits per heavy atom. The molecule has 0 bridgehead atoms. The third-order valence-electron chi connectivity index (χ3n) is 6.44. The summed E-state index contributed by atoms with van der Waals surface area (Å²) in [5.41, 5.74) is -4.71. The van der Waals surface area contributed by atoms with E-state index in [1.54, 1.807) is 27.7 Å². The molecule has 0 radical (unpaired) electrons. The van der Waals surface area contributed by atoms with Gasteiger partial charge in [0.1, 0.15) is 11.6 Å². The van der Waals surface area contributed by atoms with E-state index < -0.39 is 33.6 Å². The number of esters is 2. The van der Waals surface area contributed by atoms with Gasteiger partial charge in [0.05, 0.1) is 28.1 Å². The fourth-order valence-electron chi connectivity index (χ4n) is 4.66. The van der Waals surface area contributed by atoms with Crippen LogP contribution in [0.1, 0.15) is 34.1 Å². The number of fused-ring (bicyclic) bond motifs is 4.